The third-order valence-electron chi connectivity index (χ3n) is 3.61. The van der Waals surface area contributed by atoms with Gasteiger partial charge in [-0.1, -0.05) is 24.3 Å². The topological polar surface area (TPSA) is 55.1 Å². The van der Waals surface area contributed by atoms with Gasteiger partial charge in [0, 0.05) is 5.56 Å². The van der Waals surface area contributed by atoms with Crippen molar-refractivity contribution in [2.45, 2.75) is 13.0 Å². The second-order valence-corrected chi connectivity index (χ2v) is 4.83. The van der Waals surface area contributed by atoms with E-state index in [-0.39, 0.29) is 17.4 Å². The molecule has 0 aliphatic heterocycles. The van der Waals surface area contributed by atoms with Gasteiger partial charge in [0.25, 0.3) is 0 Å². The number of hydrogen-bond donors (Lipinski definition) is 1. The number of rotatable bonds is 3. The maximum Gasteiger partial charge on any atom is 0.337 e. The molecule has 1 unspecified atom stereocenters. The number of carboxylic acid groups (broad SMARTS) is 1. The van der Waals surface area contributed by atoms with Gasteiger partial charge in [0.15, 0.2) is 0 Å². The van der Waals surface area contributed by atoms with Crippen molar-refractivity contribution in [2.24, 2.45) is 0 Å². The lowest BCUT2D eigenvalue weighted by Gasteiger charge is -2.15. The summed E-state index contributed by atoms with van der Waals surface area (Å²) in [4.78, 5) is 15.4. The molecule has 0 saturated carbocycles. The van der Waals surface area contributed by atoms with Crippen LogP contribution in [0.15, 0.2) is 48.8 Å². The standard InChI is InChI=1S/C16H13FN2O2/c1-10(11-5-2-3-7-13(11)17)19-9-18-15-12(16(20)21)6-4-8-14(15)19/h2-10H,1H3,(H,20,21). The molecule has 4 nitrogen and oxygen atoms in total. The Morgan fingerprint density at radius 1 is 1.24 bits per heavy atom. The first-order chi connectivity index (χ1) is 10.1. The highest BCUT2D eigenvalue weighted by Gasteiger charge is 2.17. The van der Waals surface area contributed by atoms with Crippen LogP contribution in [-0.4, -0.2) is 20.6 Å². The molecule has 3 aromatic rings. The Labute approximate surface area is 120 Å². The van der Waals surface area contributed by atoms with Crippen molar-refractivity contribution < 1.29 is 14.3 Å². The average molecular weight is 284 g/mol. The van der Waals surface area contributed by atoms with E-state index in [9.17, 15) is 14.3 Å². The number of benzene rings is 2. The van der Waals surface area contributed by atoms with Gasteiger partial charge in [-0.05, 0) is 25.1 Å². The first kappa shape index (κ1) is 13.3. The number of fused-ring (bicyclic) bond motifs is 1. The molecule has 0 fully saturated rings. The minimum Gasteiger partial charge on any atom is -0.478 e. The molecule has 1 aromatic heterocycles. The SMILES string of the molecule is CC(c1ccccc1F)n1cnc2c(C(=O)O)cccc21. The maximum atomic E-state index is 13.9. The Kier molecular flexibility index (Phi) is 3.17. The van der Waals surface area contributed by atoms with E-state index in [0.717, 1.165) is 0 Å². The van der Waals surface area contributed by atoms with Gasteiger partial charge in [-0.25, -0.2) is 14.2 Å². The van der Waals surface area contributed by atoms with Crippen LogP contribution in [-0.2, 0) is 0 Å². The predicted molar refractivity (Wildman–Crippen MR) is 76.9 cm³/mol. The van der Waals surface area contributed by atoms with Crippen molar-refractivity contribution >= 4 is 17.0 Å². The molecular weight excluding hydrogens is 271 g/mol. The number of halogens is 1. The van der Waals surface area contributed by atoms with Gasteiger partial charge in [0.1, 0.15) is 11.3 Å². The lowest BCUT2D eigenvalue weighted by molar-refractivity contribution is 0.0699. The van der Waals surface area contributed by atoms with E-state index < -0.39 is 5.97 Å². The van der Waals surface area contributed by atoms with E-state index in [0.29, 0.717) is 16.6 Å². The fourth-order valence-corrected chi connectivity index (χ4v) is 2.50. The van der Waals surface area contributed by atoms with Gasteiger partial charge in [0.2, 0.25) is 0 Å². The fraction of sp³-hybridized carbons (Fsp3) is 0.125. The summed E-state index contributed by atoms with van der Waals surface area (Å²) in [6.07, 6.45) is 1.55. The predicted octanol–water partition coefficient (Wildman–Crippen LogP) is 3.48. The number of imidazole rings is 1. The first-order valence-corrected chi connectivity index (χ1v) is 6.53. The Balaban J connectivity index is 2.16. The molecule has 3 rings (SSSR count). The summed E-state index contributed by atoms with van der Waals surface area (Å²) in [6, 6.07) is 11.2. The molecule has 0 aliphatic carbocycles. The Morgan fingerprint density at radius 2 is 2.00 bits per heavy atom. The number of para-hydroxylation sites is 1. The molecule has 1 heterocycles. The average Bonchev–Trinajstić information content (AvgIpc) is 2.90. The molecular formula is C16H13FN2O2. The normalized spacial score (nSPS) is 12.5. The number of aromatic carboxylic acids is 1. The van der Waals surface area contributed by atoms with Gasteiger partial charge in [-0.15, -0.1) is 0 Å². The minimum atomic E-state index is -1.02. The van der Waals surface area contributed by atoms with Crippen LogP contribution in [0.4, 0.5) is 4.39 Å². The highest BCUT2D eigenvalue weighted by molar-refractivity contribution is 6.00. The molecule has 21 heavy (non-hydrogen) atoms. The Hall–Kier alpha value is -2.69. The first-order valence-electron chi connectivity index (χ1n) is 6.53. The molecule has 0 saturated heterocycles. The Bertz CT molecular complexity index is 826. The summed E-state index contributed by atoms with van der Waals surface area (Å²) in [5, 5.41) is 9.18. The largest absolute Gasteiger partial charge is 0.478 e. The summed E-state index contributed by atoms with van der Waals surface area (Å²) in [5.41, 5.74) is 1.77. The number of nitrogens with zero attached hydrogens (tertiary/aromatic N) is 2. The number of aromatic nitrogens is 2. The fourth-order valence-electron chi connectivity index (χ4n) is 2.50. The zero-order valence-corrected chi connectivity index (χ0v) is 11.3. The number of carbonyl (C=O) groups is 1. The van der Waals surface area contributed by atoms with Crippen LogP contribution in [0, 0.1) is 5.82 Å². The highest BCUT2D eigenvalue weighted by atomic mass is 19.1. The molecule has 0 bridgehead atoms. The van der Waals surface area contributed by atoms with Crippen molar-refractivity contribution in [3.05, 3.63) is 65.7 Å². The van der Waals surface area contributed by atoms with Gasteiger partial charge >= 0.3 is 5.97 Å². The van der Waals surface area contributed by atoms with E-state index in [4.69, 9.17) is 0 Å². The van der Waals surface area contributed by atoms with E-state index in [1.807, 2.05) is 6.92 Å². The molecule has 1 N–H and O–H groups in total. The molecule has 0 spiro atoms. The highest BCUT2D eigenvalue weighted by Crippen LogP contribution is 2.26. The van der Waals surface area contributed by atoms with Crippen molar-refractivity contribution in [2.75, 3.05) is 0 Å². The molecule has 0 amide bonds. The monoisotopic (exact) mass is 284 g/mol. The van der Waals surface area contributed by atoms with Crippen molar-refractivity contribution in [3.8, 4) is 0 Å². The van der Waals surface area contributed by atoms with Crippen LogP contribution < -0.4 is 0 Å². The number of carboxylic acids is 1. The zero-order chi connectivity index (χ0) is 15.0. The maximum absolute atomic E-state index is 13.9. The molecule has 0 aliphatic rings. The smallest absolute Gasteiger partial charge is 0.337 e. The second-order valence-electron chi connectivity index (χ2n) is 4.83. The van der Waals surface area contributed by atoms with Gasteiger partial charge in [-0.3, -0.25) is 0 Å². The van der Waals surface area contributed by atoms with Crippen molar-refractivity contribution in [1.29, 1.82) is 0 Å². The van der Waals surface area contributed by atoms with Crippen molar-refractivity contribution in [1.82, 2.24) is 9.55 Å². The lowest BCUT2D eigenvalue weighted by Crippen LogP contribution is -2.07. The van der Waals surface area contributed by atoms with Gasteiger partial charge < -0.3 is 9.67 Å². The van der Waals surface area contributed by atoms with Crippen LogP contribution in [0.5, 0.6) is 0 Å². The second kappa shape index (κ2) is 5.01. The third-order valence-corrected chi connectivity index (χ3v) is 3.61. The molecule has 0 radical (unpaired) electrons. The molecule has 106 valence electrons. The van der Waals surface area contributed by atoms with E-state index in [2.05, 4.69) is 4.98 Å². The quantitative estimate of drug-likeness (QED) is 0.801. The number of hydrogen-bond acceptors (Lipinski definition) is 2. The summed E-state index contributed by atoms with van der Waals surface area (Å²) in [5.74, 6) is -1.31. The summed E-state index contributed by atoms with van der Waals surface area (Å²) in [7, 11) is 0. The van der Waals surface area contributed by atoms with E-state index in [1.54, 1.807) is 41.2 Å². The van der Waals surface area contributed by atoms with E-state index in [1.165, 1.54) is 12.1 Å². The van der Waals surface area contributed by atoms with Gasteiger partial charge in [0.05, 0.1) is 23.4 Å². The minimum absolute atomic E-state index is 0.145. The molecule has 5 heteroatoms. The zero-order valence-electron chi connectivity index (χ0n) is 11.3. The van der Waals surface area contributed by atoms with Crippen LogP contribution in [0.1, 0.15) is 28.9 Å². The molecule has 2 aromatic carbocycles. The summed E-state index contributed by atoms with van der Waals surface area (Å²) in [6.45, 7) is 1.85. The van der Waals surface area contributed by atoms with Crippen molar-refractivity contribution in [3.63, 3.8) is 0 Å². The Morgan fingerprint density at radius 3 is 2.71 bits per heavy atom. The van der Waals surface area contributed by atoms with Crippen LogP contribution in [0.25, 0.3) is 11.0 Å². The van der Waals surface area contributed by atoms with Crippen LogP contribution >= 0.6 is 0 Å². The van der Waals surface area contributed by atoms with E-state index >= 15 is 0 Å². The van der Waals surface area contributed by atoms with Crippen LogP contribution in [0.3, 0.4) is 0 Å². The van der Waals surface area contributed by atoms with Gasteiger partial charge in [-0.2, -0.15) is 0 Å². The third kappa shape index (κ3) is 2.16. The summed E-state index contributed by atoms with van der Waals surface area (Å²) < 4.78 is 15.7. The lowest BCUT2D eigenvalue weighted by atomic mass is 10.1. The van der Waals surface area contributed by atoms with Crippen LogP contribution in [0.2, 0.25) is 0 Å². The summed E-state index contributed by atoms with van der Waals surface area (Å²) >= 11 is 0. The molecule has 1 atom stereocenters.